The van der Waals surface area contributed by atoms with E-state index in [0.717, 1.165) is 19.3 Å². The van der Waals surface area contributed by atoms with Crippen LogP contribution in [0.3, 0.4) is 0 Å². The maximum Gasteiger partial charge on any atom is 0.410 e. The number of rotatable bonds is 5. The zero-order valence-electron chi connectivity index (χ0n) is 11.7. The number of amides is 1. The summed E-state index contributed by atoms with van der Waals surface area (Å²) < 4.78 is 10.1. The van der Waals surface area contributed by atoms with Crippen LogP contribution in [0.2, 0.25) is 0 Å². The average molecular weight is 294 g/mol. The highest BCUT2D eigenvalue weighted by atomic mass is 16.6. The monoisotopic (exact) mass is 294 g/mol. The topological polar surface area (TPSA) is 92.9 Å². The highest BCUT2D eigenvalue weighted by Crippen LogP contribution is 2.22. The molecule has 0 saturated carbocycles. The number of carboxylic acid groups (broad SMARTS) is 1. The third kappa shape index (κ3) is 3.84. The number of aromatic nitrogens is 1. The molecule has 1 aliphatic heterocycles. The molecule has 1 N–H and O–H groups in total. The van der Waals surface area contributed by atoms with Gasteiger partial charge in [-0.05, 0) is 19.3 Å². The molecule has 2 heterocycles. The van der Waals surface area contributed by atoms with Gasteiger partial charge in [-0.2, -0.15) is 0 Å². The lowest BCUT2D eigenvalue weighted by Crippen LogP contribution is -2.45. The van der Waals surface area contributed by atoms with Gasteiger partial charge in [0, 0.05) is 25.1 Å². The Morgan fingerprint density at radius 3 is 3.05 bits per heavy atom. The number of piperidine rings is 1. The van der Waals surface area contributed by atoms with E-state index in [1.54, 1.807) is 4.90 Å². The molecule has 1 aliphatic rings. The van der Waals surface area contributed by atoms with Crippen molar-refractivity contribution in [1.29, 1.82) is 0 Å². The summed E-state index contributed by atoms with van der Waals surface area (Å²) in [4.78, 5) is 24.4. The average Bonchev–Trinajstić information content (AvgIpc) is 2.94. The molecule has 1 atom stereocenters. The van der Waals surface area contributed by atoms with Crippen molar-refractivity contribution in [3.05, 3.63) is 30.2 Å². The molecule has 1 saturated heterocycles. The number of nitrogens with zero attached hydrogens (tertiary/aromatic N) is 2. The number of hydrogen-bond donors (Lipinski definition) is 1. The Hall–Kier alpha value is -2.31. The van der Waals surface area contributed by atoms with Gasteiger partial charge in [-0.3, -0.25) is 0 Å². The maximum atomic E-state index is 12.0. The van der Waals surface area contributed by atoms with Crippen LogP contribution in [-0.2, 0) is 11.2 Å². The molecular formula is C14H18N2O5. The second-order valence-corrected chi connectivity index (χ2v) is 4.90. The van der Waals surface area contributed by atoms with Crippen molar-refractivity contribution in [1.82, 2.24) is 10.1 Å². The van der Waals surface area contributed by atoms with Crippen LogP contribution in [0.1, 0.15) is 35.5 Å². The van der Waals surface area contributed by atoms with Crippen molar-refractivity contribution in [2.75, 3.05) is 13.2 Å². The van der Waals surface area contributed by atoms with Crippen LogP contribution < -0.4 is 0 Å². The number of carbonyl (C=O) groups is 2. The van der Waals surface area contributed by atoms with Gasteiger partial charge in [0.1, 0.15) is 12.4 Å². The maximum absolute atomic E-state index is 12.0. The fraction of sp³-hybridized carbons (Fsp3) is 0.500. The first kappa shape index (κ1) is 15.1. The Kier molecular flexibility index (Phi) is 4.97. The molecule has 0 aliphatic carbocycles. The Bertz CT molecular complexity index is 525. The predicted octanol–water partition coefficient (Wildman–Crippen LogP) is 2.09. The molecule has 7 nitrogen and oxygen atoms in total. The SMILES string of the molecule is C=CCOC(=O)N1CCCCC1Cc1cc(C(=O)O)no1. The van der Waals surface area contributed by atoms with Crippen molar-refractivity contribution < 1.29 is 24.0 Å². The van der Waals surface area contributed by atoms with Crippen LogP contribution >= 0.6 is 0 Å². The van der Waals surface area contributed by atoms with Crippen LogP contribution in [0, 0.1) is 0 Å². The van der Waals surface area contributed by atoms with Crippen molar-refractivity contribution in [2.24, 2.45) is 0 Å². The molecule has 1 amide bonds. The molecule has 1 fully saturated rings. The largest absolute Gasteiger partial charge is 0.476 e. The molecule has 1 aromatic rings. The molecule has 1 unspecified atom stereocenters. The van der Waals surface area contributed by atoms with Crippen molar-refractivity contribution in [3.63, 3.8) is 0 Å². The molecule has 2 rings (SSSR count). The number of carbonyl (C=O) groups excluding carboxylic acids is 1. The van der Waals surface area contributed by atoms with Gasteiger partial charge in [-0.15, -0.1) is 0 Å². The lowest BCUT2D eigenvalue weighted by atomic mass is 9.99. The summed E-state index contributed by atoms with van der Waals surface area (Å²) in [6.07, 6.45) is 4.34. The molecule has 21 heavy (non-hydrogen) atoms. The highest BCUT2D eigenvalue weighted by molar-refractivity contribution is 5.85. The van der Waals surface area contributed by atoms with Gasteiger partial charge in [0.05, 0.1) is 0 Å². The van der Waals surface area contributed by atoms with Gasteiger partial charge in [0.25, 0.3) is 0 Å². The Morgan fingerprint density at radius 2 is 2.38 bits per heavy atom. The summed E-state index contributed by atoms with van der Waals surface area (Å²) in [5, 5.41) is 12.3. The van der Waals surface area contributed by atoms with Crippen LogP contribution in [0.5, 0.6) is 0 Å². The van der Waals surface area contributed by atoms with Gasteiger partial charge in [0.15, 0.2) is 5.69 Å². The van der Waals surface area contributed by atoms with Crippen molar-refractivity contribution >= 4 is 12.1 Å². The van der Waals surface area contributed by atoms with E-state index in [2.05, 4.69) is 11.7 Å². The Balaban J connectivity index is 2.02. The number of aromatic carboxylic acids is 1. The normalized spacial score (nSPS) is 18.3. The minimum atomic E-state index is -1.13. The first-order chi connectivity index (χ1) is 10.1. The molecule has 1 aromatic heterocycles. The van der Waals surface area contributed by atoms with E-state index >= 15 is 0 Å². The van der Waals surface area contributed by atoms with E-state index in [1.807, 2.05) is 0 Å². The number of likely N-dealkylation sites (tertiary alicyclic amines) is 1. The third-order valence-corrected chi connectivity index (χ3v) is 3.40. The van der Waals surface area contributed by atoms with Gasteiger partial charge < -0.3 is 19.3 Å². The van der Waals surface area contributed by atoms with Crippen LogP contribution in [0.4, 0.5) is 4.79 Å². The first-order valence-corrected chi connectivity index (χ1v) is 6.85. The van der Waals surface area contributed by atoms with E-state index in [0.29, 0.717) is 18.7 Å². The van der Waals surface area contributed by atoms with Gasteiger partial charge in [0.2, 0.25) is 0 Å². The molecule has 0 bridgehead atoms. The second-order valence-electron chi connectivity index (χ2n) is 4.90. The smallest absolute Gasteiger partial charge is 0.410 e. The van der Waals surface area contributed by atoms with Gasteiger partial charge in [-0.1, -0.05) is 17.8 Å². The summed E-state index contributed by atoms with van der Waals surface area (Å²) in [6, 6.07) is 1.33. The zero-order valence-corrected chi connectivity index (χ0v) is 11.7. The number of carboxylic acids is 1. The van der Waals surface area contributed by atoms with Crippen molar-refractivity contribution in [2.45, 2.75) is 31.7 Å². The Morgan fingerprint density at radius 1 is 1.57 bits per heavy atom. The standard InChI is InChI=1S/C14H18N2O5/c1-2-7-20-14(19)16-6-4-3-5-10(16)8-11-9-12(13(17)18)15-21-11/h2,9-10H,1,3-8H2,(H,17,18). The molecule has 114 valence electrons. The molecular weight excluding hydrogens is 276 g/mol. The lowest BCUT2D eigenvalue weighted by molar-refractivity contribution is 0.0685. The quantitative estimate of drug-likeness (QED) is 0.836. The number of ether oxygens (including phenoxy) is 1. The molecule has 7 heteroatoms. The summed E-state index contributed by atoms with van der Waals surface area (Å²) in [6.45, 7) is 4.31. The summed E-state index contributed by atoms with van der Waals surface area (Å²) in [5.41, 5.74) is -0.124. The van der Waals surface area contributed by atoms with Gasteiger partial charge >= 0.3 is 12.1 Å². The second kappa shape index (κ2) is 6.92. The zero-order chi connectivity index (χ0) is 15.2. The fourth-order valence-electron chi connectivity index (χ4n) is 2.41. The highest BCUT2D eigenvalue weighted by Gasteiger charge is 2.29. The minimum absolute atomic E-state index is 0.0642. The Labute approximate surface area is 122 Å². The van der Waals surface area contributed by atoms with Crippen LogP contribution in [-0.4, -0.2) is 46.4 Å². The van der Waals surface area contributed by atoms with Gasteiger partial charge in [-0.25, -0.2) is 9.59 Å². The molecule has 0 spiro atoms. The molecule has 0 radical (unpaired) electrons. The van der Waals surface area contributed by atoms with E-state index in [-0.39, 0.29) is 24.4 Å². The fourth-order valence-corrected chi connectivity index (χ4v) is 2.41. The summed E-state index contributed by atoms with van der Waals surface area (Å²) >= 11 is 0. The lowest BCUT2D eigenvalue weighted by Gasteiger charge is -2.34. The summed E-state index contributed by atoms with van der Waals surface area (Å²) in [5.74, 6) is -0.670. The molecule has 0 aromatic carbocycles. The van der Waals surface area contributed by atoms with Crippen LogP contribution in [0.25, 0.3) is 0 Å². The first-order valence-electron chi connectivity index (χ1n) is 6.85. The van der Waals surface area contributed by atoms with Crippen LogP contribution in [0.15, 0.2) is 23.2 Å². The number of hydrogen-bond acceptors (Lipinski definition) is 5. The van der Waals surface area contributed by atoms with Crippen molar-refractivity contribution in [3.8, 4) is 0 Å². The van der Waals surface area contributed by atoms with E-state index in [1.165, 1.54) is 12.1 Å². The minimum Gasteiger partial charge on any atom is -0.476 e. The van der Waals surface area contributed by atoms with E-state index < -0.39 is 5.97 Å². The summed E-state index contributed by atoms with van der Waals surface area (Å²) in [7, 11) is 0. The third-order valence-electron chi connectivity index (χ3n) is 3.40. The van der Waals surface area contributed by atoms with E-state index in [9.17, 15) is 9.59 Å². The van der Waals surface area contributed by atoms with E-state index in [4.69, 9.17) is 14.4 Å². The predicted molar refractivity (Wildman–Crippen MR) is 73.1 cm³/mol.